The molecule has 0 unspecified atom stereocenters. The van der Waals surface area contributed by atoms with Gasteiger partial charge in [-0.05, 0) is 31.0 Å². The summed E-state index contributed by atoms with van der Waals surface area (Å²) >= 11 is 7.49. The van der Waals surface area contributed by atoms with Crippen molar-refractivity contribution >= 4 is 44.9 Å². The number of aromatic nitrogens is 2. The predicted molar refractivity (Wildman–Crippen MR) is 79.0 cm³/mol. The Morgan fingerprint density at radius 3 is 2.89 bits per heavy atom. The maximum absolute atomic E-state index is 11.5. The number of carbonyl (C=O) groups is 1. The minimum Gasteiger partial charge on any atom is -0.360 e. The lowest BCUT2D eigenvalue weighted by Gasteiger charge is -2.06. The van der Waals surface area contributed by atoms with Crippen LogP contribution in [0.4, 0.5) is 5.82 Å². The molecule has 0 atom stereocenters. The van der Waals surface area contributed by atoms with Gasteiger partial charge in [0.1, 0.15) is 10.6 Å². The first-order valence-electron chi connectivity index (χ1n) is 6.10. The minimum atomic E-state index is -0.0728. The molecule has 2 heterocycles. The first-order valence-corrected chi connectivity index (χ1v) is 7.30. The summed E-state index contributed by atoms with van der Waals surface area (Å²) in [7, 11) is 0. The van der Waals surface area contributed by atoms with E-state index >= 15 is 0 Å². The molecule has 19 heavy (non-hydrogen) atoms. The van der Waals surface area contributed by atoms with Crippen LogP contribution in [-0.4, -0.2) is 29.0 Å². The summed E-state index contributed by atoms with van der Waals surface area (Å²) < 4.78 is 0. The first kappa shape index (κ1) is 14.0. The van der Waals surface area contributed by atoms with Gasteiger partial charge in [0, 0.05) is 11.4 Å². The molecule has 0 bridgehead atoms. The van der Waals surface area contributed by atoms with E-state index in [4.69, 9.17) is 11.6 Å². The number of rotatable bonds is 5. The highest BCUT2D eigenvalue weighted by Gasteiger charge is 2.11. The van der Waals surface area contributed by atoms with Crippen molar-refractivity contribution in [1.82, 2.24) is 15.3 Å². The molecule has 7 heteroatoms. The van der Waals surface area contributed by atoms with Crippen molar-refractivity contribution in [2.45, 2.75) is 20.3 Å². The summed E-state index contributed by atoms with van der Waals surface area (Å²) in [5.74, 6) is 0.536. The Bertz CT molecular complexity index is 599. The Labute approximate surface area is 120 Å². The van der Waals surface area contributed by atoms with Crippen LogP contribution in [0.2, 0.25) is 5.28 Å². The summed E-state index contributed by atoms with van der Waals surface area (Å²) in [6, 6.07) is 2.04. The standard InChI is InChI=1S/C12H15ClN4OS/c1-3-7-5-8-10(15-6-9(18)14-4-2)16-12(13)17-11(8)19-7/h5H,3-4,6H2,1-2H3,(H,14,18)(H,15,16,17). The Hall–Kier alpha value is -1.40. The first-order chi connectivity index (χ1) is 9.13. The molecule has 2 rings (SSSR count). The number of anilines is 1. The molecule has 102 valence electrons. The third-order valence-electron chi connectivity index (χ3n) is 2.56. The van der Waals surface area contributed by atoms with Crippen LogP contribution in [0.1, 0.15) is 18.7 Å². The number of fused-ring (bicyclic) bond motifs is 1. The fraction of sp³-hybridized carbons (Fsp3) is 0.417. The highest BCUT2D eigenvalue weighted by molar-refractivity contribution is 7.18. The van der Waals surface area contributed by atoms with Gasteiger partial charge in [-0.15, -0.1) is 11.3 Å². The maximum Gasteiger partial charge on any atom is 0.239 e. The SMILES string of the molecule is CCNC(=O)CNc1nc(Cl)nc2sc(CC)cc12. The normalized spacial score (nSPS) is 10.7. The number of likely N-dealkylation sites (N-methyl/N-ethyl adjacent to an activating group) is 1. The molecule has 0 saturated heterocycles. The lowest BCUT2D eigenvalue weighted by atomic mass is 10.3. The summed E-state index contributed by atoms with van der Waals surface area (Å²) in [4.78, 5) is 21.9. The van der Waals surface area contributed by atoms with Gasteiger partial charge in [0.05, 0.1) is 11.9 Å². The van der Waals surface area contributed by atoms with Gasteiger partial charge in [-0.2, -0.15) is 0 Å². The van der Waals surface area contributed by atoms with E-state index in [1.165, 1.54) is 4.88 Å². The zero-order chi connectivity index (χ0) is 13.8. The maximum atomic E-state index is 11.5. The van der Waals surface area contributed by atoms with Crippen LogP contribution < -0.4 is 10.6 Å². The van der Waals surface area contributed by atoms with E-state index < -0.39 is 0 Å². The molecule has 0 saturated carbocycles. The highest BCUT2D eigenvalue weighted by Crippen LogP contribution is 2.30. The fourth-order valence-electron chi connectivity index (χ4n) is 1.68. The van der Waals surface area contributed by atoms with Crippen LogP contribution in [0, 0.1) is 0 Å². The van der Waals surface area contributed by atoms with Crippen molar-refractivity contribution in [3.63, 3.8) is 0 Å². The second kappa shape index (κ2) is 6.16. The van der Waals surface area contributed by atoms with E-state index in [-0.39, 0.29) is 17.7 Å². The average molecular weight is 299 g/mol. The van der Waals surface area contributed by atoms with E-state index in [9.17, 15) is 4.79 Å². The number of amides is 1. The molecule has 0 aliphatic rings. The third kappa shape index (κ3) is 3.33. The molecule has 0 aromatic carbocycles. The number of nitrogens with one attached hydrogen (secondary N) is 2. The summed E-state index contributed by atoms with van der Waals surface area (Å²) in [5.41, 5.74) is 0. The number of carbonyl (C=O) groups excluding carboxylic acids is 1. The van der Waals surface area contributed by atoms with Crippen molar-refractivity contribution in [3.8, 4) is 0 Å². The summed E-state index contributed by atoms with van der Waals surface area (Å²) in [5, 5.41) is 6.83. The molecule has 0 aliphatic heterocycles. The predicted octanol–water partition coefficient (Wildman–Crippen LogP) is 2.46. The quantitative estimate of drug-likeness (QED) is 0.832. The molecule has 0 aliphatic carbocycles. The van der Waals surface area contributed by atoms with Crippen molar-refractivity contribution in [1.29, 1.82) is 0 Å². The molecule has 2 aromatic heterocycles. The van der Waals surface area contributed by atoms with Crippen LogP contribution in [0.5, 0.6) is 0 Å². The molecule has 5 nitrogen and oxygen atoms in total. The number of hydrogen-bond donors (Lipinski definition) is 2. The van der Waals surface area contributed by atoms with Crippen molar-refractivity contribution in [2.24, 2.45) is 0 Å². The number of aryl methyl sites for hydroxylation is 1. The molecule has 1 amide bonds. The average Bonchev–Trinajstić information content (AvgIpc) is 2.79. The smallest absolute Gasteiger partial charge is 0.239 e. The monoisotopic (exact) mass is 298 g/mol. The minimum absolute atomic E-state index is 0.0728. The zero-order valence-corrected chi connectivity index (χ0v) is 12.4. The molecule has 2 aromatic rings. The van der Waals surface area contributed by atoms with Crippen molar-refractivity contribution in [3.05, 3.63) is 16.2 Å². The highest BCUT2D eigenvalue weighted by atomic mass is 35.5. The third-order valence-corrected chi connectivity index (χ3v) is 3.90. The van der Waals surface area contributed by atoms with Gasteiger partial charge >= 0.3 is 0 Å². The van der Waals surface area contributed by atoms with Crippen LogP contribution >= 0.6 is 22.9 Å². The van der Waals surface area contributed by atoms with Gasteiger partial charge < -0.3 is 10.6 Å². The van der Waals surface area contributed by atoms with Crippen LogP contribution in [-0.2, 0) is 11.2 Å². The van der Waals surface area contributed by atoms with Gasteiger partial charge in [-0.1, -0.05) is 6.92 Å². The Morgan fingerprint density at radius 1 is 1.42 bits per heavy atom. The molecular formula is C12H15ClN4OS. The number of thiophene rings is 1. The summed E-state index contributed by atoms with van der Waals surface area (Å²) in [6.45, 7) is 4.75. The molecule has 0 fully saturated rings. The second-order valence-electron chi connectivity index (χ2n) is 3.93. The lowest BCUT2D eigenvalue weighted by Crippen LogP contribution is -2.29. The lowest BCUT2D eigenvalue weighted by molar-refractivity contribution is -0.119. The van der Waals surface area contributed by atoms with Gasteiger partial charge in [0.15, 0.2) is 0 Å². The zero-order valence-electron chi connectivity index (χ0n) is 10.8. The van der Waals surface area contributed by atoms with E-state index in [2.05, 4.69) is 27.5 Å². The number of nitrogens with zero attached hydrogens (tertiary/aromatic N) is 2. The van der Waals surface area contributed by atoms with Crippen molar-refractivity contribution in [2.75, 3.05) is 18.4 Å². The van der Waals surface area contributed by atoms with E-state index in [0.717, 1.165) is 16.6 Å². The molecule has 0 spiro atoms. The number of halogens is 1. The Kier molecular flexibility index (Phi) is 4.55. The van der Waals surface area contributed by atoms with E-state index in [1.54, 1.807) is 11.3 Å². The Balaban J connectivity index is 2.25. The summed E-state index contributed by atoms with van der Waals surface area (Å²) in [6.07, 6.45) is 0.939. The fourth-order valence-corrected chi connectivity index (χ4v) is 2.86. The Morgan fingerprint density at radius 2 is 2.21 bits per heavy atom. The van der Waals surface area contributed by atoms with Gasteiger partial charge in [0.2, 0.25) is 11.2 Å². The van der Waals surface area contributed by atoms with E-state index in [0.29, 0.717) is 12.4 Å². The van der Waals surface area contributed by atoms with Gasteiger partial charge in [0.25, 0.3) is 0 Å². The molecule has 2 N–H and O–H groups in total. The molecular weight excluding hydrogens is 284 g/mol. The number of hydrogen-bond acceptors (Lipinski definition) is 5. The molecule has 0 radical (unpaired) electrons. The van der Waals surface area contributed by atoms with Crippen LogP contribution in [0.3, 0.4) is 0 Å². The topological polar surface area (TPSA) is 66.9 Å². The van der Waals surface area contributed by atoms with Crippen LogP contribution in [0.25, 0.3) is 10.2 Å². The van der Waals surface area contributed by atoms with Gasteiger partial charge in [-0.25, -0.2) is 9.97 Å². The van der Waals surface area contributed by atoms with Crippen LogP contribution in [0.15, 0.2) is 6.07 Å². The van der Waals surface area contributed by atoms with Crippen molar-refractivity contribution < 1.29 is 4.79 Å². The second-order valence-corrected chi connectivity index (χ2v) is 5.39. The van der Waals surface area contributed by atoms with Gasteiger partial charge in [-0.3, -0.25) is 4.79 Å². The largest absolute Gasteiger partial charge is 0.360 e. The van der Waals surface area contributed by atoms with E-state index in [1.807, 2.05) is 13.0 Å².